The minimum Gasteiger partial charge on any atom is -0.507 e. The molecule has 2 N–H and O–H groups in total. The lowest BCUT2D eigenvalue weighted by Gasteiger charge is -2.61. The van der Waals surface area contributed by atoms with Crippen LogP contribution in [0.5, 0.6) is 11.5 Å². The zero-order valence-electron chi connectivity index (χ0n) is 57.4. The van der Waals surface area contributed by atoms with Crippen molar-refractivity contribution >= 4 is 11.9 Å². The fourth-order valence-electron chi connectivity index (χ4n) is 15.7. The van der Waals surface area contributed by atoms with E-state index in [2.05, 4.69) is 189 Å². The first-order chi connectivity index (χ1) is 39.2. The fraction of sp³-hybridized carbons (Fsp3) is 0.641. The Morgan fingerprint density at radius 2 is 0.738 bits per heavy atom. The van der Waals surface area contributed by atoms with E-state index in [1.165, 1.54) is 22.3 Å². The van der Waals surface area contributed by atoms with Gasteiger partial charge in [-0.05, 0) is 171 Å². The number of allylic oxidation sites excluding steroid dienone is 4. The van der Waals surface area contributed by atoms with Gasteiger partial charge in [-0.3, -0.25) is 0 Å². The van der Waals surface area contributed by atoms with Gasteiger partial charge in [0.2, 0.25) is 0 Å². The first-order valence-corrected chi connectivity index (χ1v) is 33.2. The molecule has 0 amide bonds. The third-order valence-electron chi connectivity index (χ3n) is 19.8. The number of hydrogen-bond donors (Lipinski definition) is 2. The molecule has 2 aliphatic rings. The van der Waals surface area contributed by atoms with Gasteiger partial charge in [0, 0.05) is 23.7 Å². The summed E-state index contributed by atoms with van der Waals surface area (Å²) >= 11 is 0. The SMILES string of the molecule is CCCCC1=C(C)C=C(Cc2cc(C)cc(C(C)(C)C)c2O)C(CCCC)(OC(=O)c2ccc(C(=O)OC3(CCCC)C(Cc4cc(C)cc(C(C)(C)C)c4O)=CC(C)=C(CCCC)C3(CCCC)C(C)(C)C)cc2)C1(CCCC)C(C)(C)C. The lowest BCUT2D eigenvalue weighted by atomic mass is 9.46. The van der Waals surface area contributed by atoms with Crippen molar-refractivity contribution < 1.29 is 29.3 Å². The molecular formula is C78H118O6. The first kappa shape index (κ1) is 69.9. The van der Waals surface area contributed by atoms with Gasteiger partial charge in [-0.1, -0.05) is 246 Å². The minimum absolute atomic E-state index is 0.290. The van der Waals surface area contributed by atoms with E-state index in [-0.39, 0.29) is 21.7 Å². The fourth-order valence-corrected chi connectivity index (χ4v) is 15.7. The quantitative estimate of drug-likeness (QED) is 0.0778. The predicted molar refractivity (Wildman–Crippen MR) is 356 cm³/mol. The number of benzene rings is 3. The van der Waals surface area contributed by atoms with E-state index in [0.29, 0.717) is 48.3 Å². The van der Waals surface area contributed by atoms with Crippen molar-refractivity contribution in [2.75, 3.05) is 0 Å². The normalized spacial score (nSPS) is 21.6. The summed E-state index contributed by atoms with van der Waals surface area (Å²) in [6.45, 7) is 49.3. The Hall–Kier alpha value is -4.84. The largest absolute Gasteiger partial charge is 0.507 e. The van der Waals surface area contributed by atoms with E-state index in [4.69, 9.17) is 9.47 Å². The van der Waals surface area contributed by atoms with Crippen LogP contribution in [0.2, 0.25) is 0 Å². The standard InChI is InChI=1S/C78H118O6/c1-23-29-35-63-55(9)49-61(51-59-45-53(7)47-65(67(59)79)71(11,12)13)77(43-33-27-5,75(63,41-31-25-3)73(17,18)19)83-69(81)57-37-39-58(40-38-57)70(82)84-78(44-34-28-6)62(52-60-46-54(8)48-66(68(60)80)72(14,15)16)50-56(10)64(36-30-24-2)76(78,42-32-26-4)74(20,21)22/h37-40,45-50,79-80H,23-36,41-44,51-52H2,1-22H3. The molecule has 0 radical (unpaired) electrons. The highest BCUT2D eigenvalue weighted by Gasteiger charge is 2.65. The summed E-state index contributed by atoms with van der Waals surface area (Å²) in [5.41, 5.74) is 9.17. The Balaban J connectivity index is 1.77. The van der Waals surface area contributed by atoms with Crippen molar-refractivity contribution in [2.24, 2.45) is 21.7 Å². The molecule has 4 atom stereocenters. The van der Waals surface area contributed by atoms with E-state index in [1.807, 2.05) is 0 Å². The lowest BCUT2D eigenvalue weighted by molar-refractivity contribution is -0.120. The number of hydrogen-bond acceptors (Lipinski definition) is 6. The minimum atomic E-state index is -1.07. The summed E-state index contributed by atoms with van der Waals surface area (Å²) in [5.74, 6) is -0.219. The number of phenols is 2. The lowest BCUT2D eigenvalue weighted by Crippen LogP contribution is -2.61. The summed E-state index contributed by atoms with van der Waals surface area (Å²) in [6, 6.07) is 15.6. The molecule has 0 spiro atoms. The van der Waals surface area contributed by atoms with Crippen molar-refractivity contribution in [1.82, 2.24) is 0 Å². The smallest absolute Gasteiger partial charge is 0.339 e. The van der Waals surface area contributed by atoms with E-state index >= 15 is 9.59 Å². The van der Waals surface area contributed by atoms with Crippen molar-refractivity contribution in [2.45, 2.75) is 303 Å². The molecule has 3 aromatic rings. The van der Waals surface area contributed by atoms with E-state index in [0.717, 1.165) is 147 Å². The molecule has 0 aromatic heterocycles. The number of aromatic hydroxyl groups is 2. The first-order valence-electron chi connectivity index (χ1n) is 33.2. The molecule has 0 aliphatic heterocycles. The van der Waals surface area contributed by atoms with Gasteiger partial charge in [0.15, 0.2) is 0 Å². The highest BCUT2D eigenvalue weighted by atomic mass is 16.6. The zero-order chi connectivity index (χ0) is 63.0. The summed E-state index contributed by atoms with van der Waals surface area (Å²) in [4.78, 5) is 31.6. The highest BCUT2D eigenvalue weighted by molar-refractivity contribution is 5.94. The van der Waals surface area contributed by atoms with E-state index < -0.39 is 34.0 Å². The van der Waals surface area contributed by atoms with Crippen molar-refractivity contribution in [3.63, 3.8) is 0 Å². The zero-order valence-corrected chi connectivity index (χ0v) is 57.4. The van der Waals surface area contributed by atoms with Gasteiger partial charge in [0.1, 0.15) is 22.7 Å². The van der Waals surface area contributed by atoms with Gasteiger partial charge in [-0.15, -0.1) is 0 Å². The molecule has 0 bridgehead atoms. The monoisotopic (exact) mass is 1150 g/mol. The predicted octanol–water partition coefficient (Wildman–Crippen LogP) is 22.3. The number of rotatable bonds is 26. The molecule has 2 aliphatic carbocycles. The van der Waals surface area contributed by atoms with Crippen molar-refractivity contribution in [3.05, 3.63) is 139 Å². The average Bonchev–Trinajstić information content (AvgIpc) is 0.893. The molecule has 466 valence electrons. The molecule has 0 saturated carbocycles. The molecule has 5 rings (SSSR count). The summed E-state index contributed by atoms with van der Waals surface area (Å²) < 4.78 is 15.2. The van der Waals surface area contributed by atoms with Gasteiger partial charge in [-0.2, -0.15) is 0 Å². The number of aryl methyl sites for hydroxylation is 2. The molecule has 6 heteroatoms. The Morgan fingerprint density at radius 1 is 0.440 bits per heavy atom. The Kier molecular flexibility index (Phi) is 23.2. The van der Waals surface area contributed by atoms with Gasteiger partial charge in [0.25, 0.3) is 0 Å². The average molecular weight is 1150 g/mol. The third-order valence-corrected chi connectivity index (χ3v) is 19.8. The molecule has 84 heavy (non-hydrogen) atoms. The van der Waals surface area contributed by atoms with Crippen LogP contribution in [0.25, 0.3) is 0 Å². The van der Waals surface area contributed by atoms with Gasteiger partial charge >= 0.3 is 11.9 Å². The van der Waals surface area contributed by atoms with E-state index in [1.54, 1.807) is 24.3 Å². The number of unbranched alkanes of at least 4 members (excludes halogenated alkanes) is 6. The second kappa shape index (κ2) is 27.9. The second-order valence-corrected chi connectivity index (χ2v) is 30.1. The molecular weight excluding hydrogens is 1030 g/mol. The summed E-state index contributed by atoms with van der Waals surface area (Å²) in [6.07, 6.45) is 21.8. The highest BCUT2D eigenvalue weighted by Crippen LogP contribution is 2.67. The van der Waals surface area contributed by atoms with Crippen LogP contribution >= 0.6 is 0 Å². The van der Waals surface area contributed by atoms with E-state index in [9.17, 15) is 10.2 Å². The molecule has 3 aromatic carbocycles. The van der Waals surface area contributed by atoms with Crippen LogP contribution in [0.3, 0.4) is 0 Å². The second-order valence-electron chi connectivity index (χ2n) is 30.1. The molecule has 4 unspecified atom stereocenters. The maximum atomic E-state index is 15.8. The summed E-state index contributed by atoms with van der Waals surface area (Å²) in [7, 11) is 0. The Bertz CT molecular complexity index is 2700. The van der Waals surface area contributed by atoms with Gasteiger partial charge < -0.3 is 19.7 Å². The van der Waals surface area contributed by atoms with Crippen LogP contribution in [0.4, 0.5) is 0 Å². The van der Waals surface area contributed by atoms with Crippen molar-refractivity contribution in [3.8, 4) is 11.5 Å². The molecule has 6 nitrogen and oxygen atoms in total. The van der Waals surface area contributed by atoms with Gasteiger partial charge in [-0.25, -0.2) is 9.59 Å². The molecule has 0 saturated heterocycles. The Labute approximate surface area is 513 Å². The Morgan fingerprint density at radius 3 is 1.01 bits per heavy atom. The number of ether oxygens (including phenoxy) is 2. The third kappa shape index (κ3) is 13.9. The maximum absolute atomic E-state index is 15.8. The van der Waals surface area contributed by atoms with Crippen LogP contribution in [0.1, 0.15) is 308 Å². The number of esters is 2. The van der Waals surface area contributed by atoms with Gasteiger partial charge in [0.05, 0.1) is 11.1 Å². The van der Waals surface area contributed by atoms with Crippen LogP contribution in [0.15, 0.2) is 94.1 Å². The van der Waals surface area contributed by atoms with Crippen LogP contribution in [-0.4, -0.2) is 33.4 Å². The number of carbonyl (C=O) groups is 2. The van der Waals surface area contributed by atoms with Crippen LogP contribution in [-0.2, 0) is 33.1 Å². The maximum Gasteiger partial charge on any atom is 0.339 e. The van der Waals surface area contributed by atoms with Crippen molar-refractivity contribution in [1.29, 1.82) is 0 Å². The van der Waals surface area contributed by atoms with Crippen LogP contribution in [0, 0.1) is 35.5 Å². The summed E-state index contributed by atoms with van der Waals surface area (Å²) in [5, 5.41) is 24.6. The van der Waals surface area contributed by atoms with Crippen LogP contribution < -0.4 is 0 Å². The number of carbonyl (C=O) groups excluding carboxylic acids is 2. The number of phenolic OH excluding ortho intramolecular Hbond substituents is 2. The molecule has 0 fully saturated rings. The molecule has 0 heterocycles. The topological polar surface area (TPSA) is 93.1 Å².